The molecule has 9 nitrogen and oxygen atoms in total. The largest absolute Gasteiger partial charge is 0.497 e. The van der Waals surface area contributed by atoms with Crippen molar-refractivity contribution in [3.8, 4) is 5.75 Å². The fourth-order valence-corrected chi connectivity index (χ4v) is 4.67. The third-order valence-electron chi connectivity index (χ3n) is 3.86. The van der Waals surface area contributed by atoms with Gasteiger partial charge in [0.2, 0.25) is 0 Å². The summed E-state index contributed by atoms with van der Waals surface area (Å²) in [6, 6.07) is 11.2. The van der Waals surface area contributed by atoms with Gasteiger partial charge in [-0.2, -0.15) is 0 Å². The van der Waals surface area contributed by atoms with Crippen LogP contribution in [0.1, 0.15) is 15.4 Å². The van der Waals surface area contributed by atoms with Crippen LogP contribution >= 0.6 is 34.9 Å². The Morgan fingerprint density at radius 3 is 2.74 bits per heavy atom. The maximum absolute atomic E-state index is 13.0. The number of aromatic amines is 1. The molecule has 1 aromatic carbocycles. The number of aliphatic hydroxyl groups excluding tert-OH is 1. The van der Waals surface area contributed by atoms with Crippen molar-refractivity contribution in [1.82, 2.24) is 25.1 Å². The first-order chi connectivity index (χ1) is 15.1. The molecule has 3 heterocycles. The fraction of sp³-hybridized carbons (Fsp3) is 0.105. The number of nitrogens with zero attached hydrogens (tertiary/aromatic N) is 4. The van der Waals surface area contributed by atoms with Crippen molar-refractivity contribution in [2.24, 2.45) is 0 Å². The summed E-state index contributed by atoms with van der Waals surface area (Å²) >= 11 is 3.89. The molecular formula is C19H16N6O3S3. The summed E-state index contributed by atoms with van der Waals surface area (Å²) in [5.74, 6) is 0.359. The Bertz CT molecular complexity index is 1170. The molecule has 12 heteroatoms. The van der Waals surface area contributed by atoms with E-state index in [1.807, 2.05) is 36.4 Å². The molecule has 0 radical (unpaired) electrons. The number of pyridine rings is 1. The molecule has 0 fully saturated rings. The SMILES string of the molecule is COc1ccc(Sc2ccc(Sc3nnc[nH]3)nc2C(=O)Nc2ncc(CO)s2)cc1. The minimum Gasteiger partial charge on any atom is -0.497 e. The van der Waals surface area contributed by atoms with E-state index in [2.05, 4.69) is 30.5 Å². The molecule has 0 aliphatic carbocycles. The number of H-pyrrole nitrogens is 1. The van der Waals surface area contributed by atoms with E-state index in [1.54, 1.807) is 7.11 Å². The smallest absolute Gasteiger partial charge is 0.277 e. The van der Waals surface area contributed by atoms with Crippen LogP contribution in [-0.4, -0.2) is 43.3 Å². The Morgan fingerprint density at radius 2 is 2.06 bits per heavy atom. The molecule has 31 heavy (non-hydrogen) atoms. The highest BCUT2D eigenvalue weighted by Crippen LogP contribution is 2.33. The monoisotopic (exact) mass is 472 g/mol. The molecule has 4 rings (SSSR count). The summed E-state index contributed by atoms with van der Waals surface area (Å²) in [4.78, 5) is 26.9. The standard InChI is InChI=1S/C19H16N6O3S3/c1-28-11-2-4-12(5-3-11)29-14-6-7-15(31-19-21-10-22-25-19)23-16(14)17(27)24-18-20-8-13(9-26)30-18/h2-8,10,26H,9H2,1H3,(H,20,24,27)(H,21,22,25). The van der Waals surface area contributed by atoms with Crippen molar-refractivity contribution in [2.45, 2.75) is 26.6 Å². The van der Waals surface area contributed by atoms with Crippen LogP contribution in [0, 0.1) is 0 Å². The number of benzene rings is 1. The van der Waals surface area contributed by atoms with Gasteiger partial charge in [-0.25, -0.2) is 9.97 Å². The Balaban J connectivity index is 1.62. The first kappa shape index (κ1) is 21.3. The van der Waals surface area contributed by atoms with Gasteiger partial charge in [0, 0.05) is 16.0 Å². The van der Waals surface area contributed by atoms with Crippen molar-refractivity contribution >= 4 is 45.9 Å². The van der Waals surface area contributed by atoms with Crippen molar-refractivity contribution in [3.63, 3.8) is 0 Å². The van der Waals surface area contributed by atoms with Gasteiger partial charge in [-0.1, -0.05) is 23.1 Å². The quantitative estimate of drug-likeness (QED) is 0.352. The van der Waals surface area contributed by atoms with Gasteiger partial charge in [0.05, 0.1) is 18.6 Å². The minimum absolute atomic E-state index is 0.131. The normalized spacial score (nSPS) is 10.8. The van der Waals surface area contributed by atoms with E-state index in [9.17, 15) is 9.90 Å². The van der Waals surface area contributed by atoms with Crippen molar-refractivity contribution < 1.29 is 14.6 Å². The van der Waals surface area contributed by atoms with Gasteiger partial charge >= 0.3 is 0 Å². The Hall–Kier alpha value is -2.93. The van der Waals surface area contributed by atoms with Gasteiger partial charge in [0.25, 0.3) is 5.91 Å². The number of thiazole rings is 1. The number of amides is 1. The van der Waals surface area contributed by atoms with Gasteiger partial charge in [0.15, 0.2) is 10.3 Å². The summed E-state index contributed by atoms with van der Waals surface area (Å²) in [5.41, 5.74) is 0.256. The molecule has 0 aliphatic rings. The Morgan fingerprint density at radius 1 is 1.23 bits per heavy atom. The fourth-order valence-electron chi connectivity index (χ4n) is 2.44. The van der Waals surface area contributed by atoms with Crippen LogP contribution in [0.5, 0.6) is 5.75 Å². The number of rotatable bonds is 8. The van der Waals surface area contributed by atoms with E-state index in [4.69, 9.17) is 4.74 Å². The third kappa shape index (κ3) is 5.41. The molecule has 158 valence electrons. The summed E-state index contributed by atoms with van der Waals surface area (Å²) < 4.78 is 5.20. The summed E-state index contributed by atoms with van der Waals surface area (Å²) in [6.45, 7) is -0.131. The Labute approximate surface area is 189 Å². The molecule has 1 amide bonds. The number of nitrogens with one attached hydrogen (secondary N) is 2. The molecule has 4 aromatic rings. The summed E-state index contributed by atoms with van der Waals surface area (Å²) in [5, 5.41) is 21.2. The van der Waals surface area contributed by atoms with Crippen LogP contribution in [0.15, 0.2) is 68.9 Å². The van der Waals surface area contributed by atoms with Gasteiger partial charge in [-0.3, -0.25) is 10.1 Å². The topological polar surface area (TPSA) is 126 Å². The van der Waals surface area contributed by atoms with E-state index in [-0.39, 0.29) is 12.3 Å². The lowest BCUT2D eigenvalue weighted by Crippen LogP contribution is -2.15. The van der Waals surface area contributed by atoms with Crippen LogP contribution in [-0.2, 0) is 6.61 Å². The van der Waals surface area contributed by atoms with Crippen LogP contribution in [0.2, 0.25) is 0 Å². The molecule has 0 unspecified atom stereocenters. The minimum atomic E-state index is -0.394. The first-order valence-electron chi connectivity index (χ1n) is 8.88. The number of ether oxygens (including phenoxy) is 1. The van der Waals surface area contributed by atoms with Crippen molar-refractivity contribution in [3.05, 3.63) is 59.5 Å². The molecule has 3 N–H and O–H groups in total. The number of hydrogen-bond donors (Lipinski definition) is 3. The molecule has 0 aliphatic heterocycles. The number of aromatic nitrogens is 5. The number of aliphatic hydroxyl groups is 1. The first-order valence-corrected chi connectivity index (χ1v) is 11.3. The summed E-state index contributed by atoms with van der Waals surface area (Å²) in [6.07, 6.45) is 3.00. The van der Waals surface area contributed by atoms with E-state index in [0.717, 1.165) is 10.6 Å². The number of anilines is 1. The van der Waals surface area contributed by atoms with Gasteiger partial charge in [-0.05, 0) is 48.2 Å². The van der Waals surface area contributed by atoms with E-state index < -0.39 is 5.91 Å². The number of methoxy groups -OCH3 is 1. The average Bonchev–Trinajstić information content (AvgIpc) is 3.47. The number of hydrogen-bond acceptors (Lipinski definition) is 10. The summed E-state index contributed by atoms with van der Waals surface area (Å²) in [7, 11) is 1.61. The highest BCUT2D eigenvalue weighted by molar-refractivity contribution is 7.99. The predicted octanol–water partition coefficient (Wildman–Crippen LogP) is 3.71. The molecule has 0 bridgehead atoms. The zero-order valence-electron chi connectivity index (χ0n) is 16.1. The number of carbonyl (C=O) groups excluding carboxylic acids is 1. The van der Waals surface area contributed by atoms with Gasteiger partial charge < -0.3 is 14.8 Å². The Kier molecular flexibility index (Phi) is 6.82. The predicted molar refractivity (Wildman–Crippen MR) is 118 cm³/mol. The van der Waals surface area contributed by atoms with Crippen LogP contribution < -0.4 is 10.1 Å². The highest BCUT2D eigenvalue weighted by Gasteiger charge is 2.18. The van der Waals surface area contributed by atoms with E-state index in [1.165, 1.54) is 47.4 Å². The molecule has 0 saturated heterocycles. The van der Waals surface area contributed by atoms with Crippen molar-refractivity contribution in [1.29, 1.82) is 0 Å². The molecule has 0 saturated carbocycles. The highest BCUT2D eigenvalue weighted by atomic mass is 32.2. The second-order valence-corrected chi connectivity index (χ2v) is 9.15. The maximum atomic E-state index is 13.0. The zero-order valence-corrected chi connectivity index (χ0v) is 18.6. The number of carbonyl (C=O) groups is 1. The lowest BCUT2D eigenvalue weighted by Gasteiger charge is -2.10. The van der Waals surface area contributed by atoms with E-state index >= 15 is 0 Å². The molecule has 0 spiro atoms. The van der Waals surface area contributed by atoms with E-state index in [0.29, 0.717) is 25.1 Å². The lowest BCUT2D eigenvalue weighted by molar-refractivity contribution is 0.101. The zero-order chi connectivity index (χ0) is 21.6. The molecule has 0 atom stereocenters. The third-order valence-corrected chi connectivity index (χ3v) is 6.64. The maximum Gasteiger partial charge on any atom is 0.277 e. The lowest BCUT2D eigenvalue weighted by atomic mass is 10.3. The van der Waals surface area contributed by atoms with Gasteiger partial charge in [0.1, 0.15) is 22.8 Å². The van der Waals surface area contributed by atoms with Gasteiger partial charge in [-0.15, -0.1) is 10.2 Å². The second kappa shape index (κ2) is 9.92. The van der Waals surface area contributed by atoms with Crippen LogP contribution in [0.3, 0.4) is 0 Å². The van der Waals surface area contributed by atoms with Crippen LogP contribution in [0.4, 0.5) is 5.13 Å². The average molecular weight is 473 g/mol. The molecular weight excluding hydrogens is 456 g/mol. The van der Waals surface area contributed by atoms with Crippen molar-refractivity contribution in [2.75, 3.05) is 12.4 Å². The molecule has 3 aromatic heterocycles. The second-order valence-electron chi connectivity index (χ2n) is 5.91. The van der Waals surface area contributed by atoms with Crippen LogP contribution in [0.25, 0.3) is 0 Å².